The number of anilines is 1. The molecule has 1 aromatic carbocycles. The van der Waals surface area contributed by atoms with E-state index < -0.39 is 0 Å². The van der Waals surface area contributed by atoms with E-state index >= 15 is 0 Å². The van der Waals surface area contributed by atoms with E-state index in [1.54, 1.807) is 0 Å². The van der Waals surface area contributed by atoms with Gasteiger partial charge in [-0.25, -0.2) is 4.98 Å². The van der Waals surface area contributed by atoms with Crippen molar-refractivity contribution in [1.82, 2.24) is 9.55 Å². The molecule has 2 atom stereocenters. The molecule has 2 N–H and O–H groups in total. The summed E-state index contributed by atoms with van der Waals surface area (Å²) in [5.74, 6) is 1.86. The second-order valence-electron chi connectivity index (χ2n) is 5.68. The number of aromatic nitrogens is 2. The molecule has 2 aromatic rings. The van der Waals surface area contributed by atoms with E-state index in [1.165, 1.54) is 0 Å². The third kappa shape index (κ3) is 2.70. The summed E-state index contributed by atoms with van der Waals surface area (Å²) in [6, 6.07) is 6.01. The molecule has 1 aliphatic rings. The molecule has 5 nitrogen and oxygen atoms in total. The number of imidazole rings is 1. The van der Waals surface area contributed by atoms with Crippen molar-refractivity contribution in [2.45, 2.75) is 39.3 Å². The quantitative estimate of drug-likeness (QED) is 0.919. The smallest absolute Gasteiger partial charge is 0.201 e. The van der Waals surface area contributed by atoms with Crippen LogP contribution in [-0.4, -0.2) is 28.9 Å². The number of rotatable bonds is 5. The molecule has 21 heavy (non-hydrogen) atoms. The average molecular weight is 289 g/mol. The van der Waals surface area contributed by atoms with Gasteiger partial charge in [-0.2, -0.15) is 0 Å². The van der Waals surface area contributed by atoms with Gasteiger partial charge in [0.2, 0.25) is 5.95 Å². The largest absolute Gasteiger partial charge is 0.491 e. The molecule has 3 rings (SSSR count). The van der Waals surface area contributed by atoms with Crippen molar-refractivity contribution in [2.75, 3.05) is 18.9 Å². The van der Waals surface area contributed by atoms with E-state index in [9.17, 15) is 0 Å². The zero-order valence-electron chi connectivity index (χ0n) is 12.7. The molecule has 0 bridgehead atoms. The Kier molecular flexibility index (Phi) is 4.01. The molecule has 2 heterocycles. The van der Waals surface area contributed by atoms with Gasteiger partial charge in [-0.3, -0.25) is 0 Å². The Hall–Kier alpha value is -1.75. The number of hydrogen-bond donors (Lipinski definition) is 1. The lowest BCUT2D eigenvalue weighted by molar-refractivity contribution is 0.102. The first-order valence-electron chi connectivity index (χ1n) is 7.69. The van der Waals surface area contributed by atoms with Gasteiger partial charge < -0.3 is 19.8 Å². The van der Waals surface area contributed by atoms with Crippen LogP contribution in [0.2, 0.25) is 0 Å². The predicted molar refractivity (Wildman–Crippen MR) is 83.5 cm³/mol. The number of nitrogen functional groups attached to an aromatic ring is 1. The Morgan fingerprint density at radius 1 is 1.48 bits per heavy atom. The molecule has 5 heteroatoms. The number of nitrogens with two attached hydrogens (primary N) is 1. The number of para-hydroxylation sites is 1. The SMILES string of the molecule is CCCOc1cccc2c1nc(N)n2CC1CCOC1C. The van der Waals surface area contributed by atoms with Gasteiger partial charge in [0, 0.05) is 19.1 Å². The first-order chi connectivity index (χ1) is 10.2. The molecular weight excluding hydrogens is 266 g/mol. The molecule has 2 unspecified atom stereocenters. The first kappa shape index (κ1) is 14.2. The van der Waals surface area contributed by atoms with Crippen LogP contribution in [0.5, 0.6) is 5.75 Å². The van der Waals surface area contributed by atoms with Crippen molar-refractivity contribution in [2.24, 2.45) is 5.92 Å². The predicted octanol–water partition coefficient (Wildman–Crippen LogP) is 2.83. The molecular formula is C16H23N3O2. The second kappa shape index (κ2) is 5.93. The highest BCUT2D eigenvalue weighted by Gasteiger charge is 2.26. The summed E-state index contributed by atoms with van der Waals surface area (Å²) in [6.07, 6.45) is 2.33. The standard InChI is InChI=1S/C16H23N3O2/c1-3-8-21-14-6-4-5-13-15(14)18-16(17)19(13)10-12-7-9-20-11(12)2/h4-6,11-12H,3,7-10H2,1-2H3,(H2,17,18). The lowest BCUT2D eigenvalue weighted by Crippen LogP contribution is -2.18. The Morgan fingerprint density at radius 3 is 3.05 bits per heavy atom. The van der Waals surface area contributed by atoms with Crippen LogP contribution in [0.1, 0.15) is 26.7 Å². The highest BCUT2D eigenvalue weighted by Crippen LogP contribution is 2.30. The maximum Gasteiger partial charge on any atom is 0.201 e. The zero-order valence-corrected chi connectivity index (χ0v) is 12.7. The minimum atomic E-state index is 0.279. The summed E-state index contributed by atoms with van der Waals surface area (Å²) in [6.45, 7) is 6.60. The van der Waals surface area contributed by atoms with Gasteiger partial charge in [-0.05, 0) is 31.9 Å². The lowest BCUT2D eigenvalue weighted by Gasteiger charge is -2.16. The van der Waals surface area contributed by atoms with Crippen molar-refractivity contribution in [3.63, 3.8) is 0 Å². The summed E-state index contributed by atoms with van der Waals surface area (Å²) < 4.78 is 13.5. The fraction of sp³-hybridized carbons (Fsp3) is 0.562. The van der Waals surface area contributed by atoms with Gasteiger partial charge in [0.05, 0.1) is 18.2 Å². The van der Waals surface area contributed by atoms with E-state index in [2.05, 4.69) is 29.5 Å². The number of fused-ring (bicyclic) bond motifs is 1. The summed E-state index contributed by atoms with van der Waals surface area (Å²) in [5, 5.41) is 0. The number of benzene rings is 1. The topological polar surface area (TPSA) is 62.3 Å². The maximum atomic E-state index is 6.13. The van der Waals surface area contributed by atoms with Crippen LogP contribution < -0.4 is 10.5 Å². The summed E-state index contributed by atoms with van der Waals surface area (Å²) >= 11 is 0. The molecule has 0 radical (unpaired) electrons. The van der Waals surface area contributed by atoms with Gasteiger partial charge >= 0.3 is 0 Å². The Labute approximate surface area is 125 Å². The highest BCUT2D eigenvalue weighted by atomic mass is 16.5. The van der Waals surface area contributed by atoms with Gasteiger partial charge in [-0.1, -0.05) is 13.0 Å². The Bertz CT molecular complexity index is 623. The Balaban J connectivity index is 1.93. The van der Waals surface area contributed by atoms with E-state index in [-0.39, 0.29) is 6.10 Å². The number of ether oxygens (including phenoxy) is 2. The van der Waals surface area contributed by atoms with Gasteiger partial charge in [0.15, 0.2) is 0 Å². The summed E-state index contributed by atoms with van der Waals surface area (Å²) in [5.41, 5.74) is 8.03. The summed E-state index contributed by atoms with van der Waals surface area (Å²) in [4.78, 5) is 4.51. The third-order valence-corrected chi connectivity index (χ3v) is 4.18. The van der Waals surface area contributed by atoms with Crippen LogP contribution in [0.25, 0.3) is 11.0 Å². The molecule has 1 aromatic heterocycles. The molecule has 0 saturated carbocycles. The summed E-state index contributed by atoms with van der Waals surface area (Å²) in [7, 11) is 0. The minimum absolute atomic E-state index is 0.279. The fourth-order valence-electron chi connectivity index (χ4n) is 2.91. The van der Waals surface area contributed by atoms with E-state index in [0.717, 1.165) is 42.8 Å². The maximum absolute atomic E-state index is 6.13. The van der Waals surface area contributed by atoms with Crippen LogP contribution in [-0.2, 0) is 11.3 Å². The normalized spacial score (nSPS) is 22.0. The van der Waals surface area contributed by atoms with Crippen LogP contribution >= 0.6 is 0 Å². The van der Waals surface area contributed by atoms with Crippen molar-refractivity contribution < 1.29 is 9.47 Å². The van der Waals surface area contributed by atoms with Gasteiger partial charge in [0.1, 0.15) is 11.3 Å². The molecule has 1 fully saturated rings. The van der Waals surface area contributed by atoms with Gasteiger partial charge in [-0.15, -0.1) is 0 Å². The molecule has 1 saturated heterocycles. The van der Waals surface area contributed by atoms with E-state index in [0.29, 0.717) is 18.5 Å². The number of hydrogen-bond acceptors (Lipinski definition) is 4. The fourth-order valence-corrected chi connectivity index (χ4v) is 2.91. The van der Waals surface area contributed by atoms with E-state index in [1.807, 2.05) is 12.1 Å². The lowest BCUT2D eigenvalue weighted by atomic mass is 10.0. The first-order valence-corrected chi connectivity index (χ1v) is 7.69. The monoisotopic (exact) mass is 289 g/mol. The number of nitrogens with zero attached hydrogens (tertiary/aromatic N) is 2. The zero-order chi connectivity index (χ0) is 14.8. The van der Waals surface area contributed by atoms with Crippen molar-refractivity contribution in [3.05, 3.63) is 18.2 Å². The third-order valence-electron chi connectivity index (χ3n) is 4.18. The van der Waals surface area contributed by atoms with Crippen LogP contribution in [0, 0.1) is 5.92 Å². The average Bonchev–Trinajstić information content (AvgIpc) is 3.02. The molecule has 0 aliphatic carbocycles. The van der Waals surface area contributed by atoms with Crippen molar-refractivity contribution in [3.8, 4) is 5.75 Å². The van der Waals surface area contributed by atoms with Crippen molar-refractivity contribution >= 4 is 17.0 Å². The van der Waals surface area contributed by atoms with Crippen molar-refractivity contribution in [1.29, 1.82) is 0 Å². The molecule has 1 aliphatic heterocycles. The van der Waals surface area contributed by atoms with Crippen LogP contribution in [0.3, 0.4) is 0 Å². The van der Waals surface area contributed by atoms with E-state index in [4.69, 9.17) is 15.2 Å². The highest BCUT2D eigenvalue weighted by molar-refractivity contribution is 5.84. The second-order valence-corrected chi connectivity index (χ2v) is 5.68. The molecule has 0 spiro atoms. The minimum Gasteiger partial charge on any atom is -0.491 e. The van der Waals surface area contributed by atoms with Crippen LogP contribution in [0.4, 0.5) is 5.95 Å². The van der Waals surface area contributed by atoms with Crippen LogP contribution in [0.15, 0.2) is 18.2 Å². The molecule has 114 valence electrons. The molecule has 0 amide bonds. The Morgan fingerprint density at radius 2 is 2.33 bits per heavy atom. The van der Waals surface area contributed by atoms with Gasteiger partial charge in [0.25, 0.3) is 0 Å².